The molecule has 2 rings (SSSR count). The van der Waals surface area contributed by atoms with E-state index in [0.717, 1.165) is 11.3 Å². The molecule has 1 N–H and O–H groups in total. The van der Waals surface area contributed by atoms with Crippen LogP contribution in [0.5, 0.6) is 0 Å². The van der Waals surface area contributed by atoms with Gasteiger partial charge in [0.15, 0.2) is 5.78 Å². The minimum Gasteiger partial charge on any atom is -0.395 e. The van der Waals surface area contributed by atoms with Crippen LogP contribution in [0.25, 0.3) is 0 Å². The van der Waals surface area contributed by atoms with Crippen molar-refractivity contribution in [2.75, 3.05) is 13.2 Å². The molecular formula is C19H24FN3O3. The van der Waals surface area contributed by atoms with Crippen molar-refractivity contribution in [3.8, 4) is 0 Å². The first-order chi connectivity index (χ1) is 12.3. The highest BCUT2D eigenvalue weighted by atomic mass is 19.1. The molecule has 0 unspecified atom stereocenters. The van der Waals surface area contributed by atoms with E-state index in [1.165, 1.54) is 24.0 Å². The zero-order chi connectivity index (χ0) is 19.3. The molecule has 0 bridgehead atoms. The van der Waals surface area contributed by atoms with Crippen LogP contribution < -0.4 is 0 Å². The van der Waals surface area contributed by atoms with Crippen molar-refractivity contribution < 1.29 is 19.1 Å². The van der Waals surface area contributed by atoms with Gasteiger partial charge in [-0.15, -0.1) is 0 Å². The van der Waals surface area contributed by atoms with Crippen molar-refractivity contribution in [2.45, 2.75) is 40.3 Å². The molecule has 0 saturated heterocycles. The molecule has 7 heteroatoms. The second-order valence-corrected chi connectivity index (χ2v) is 6.24. The van der Waals surface area contributed by atoms with Crippen LogP contribution in [0.1, 0.15) is 40.7 Å². The first kappa shape index (κ1) is 19.8. The molecule has 0 radical (unpaired) electrons. The summed E-state index contributed by atoms with van der Waals surface area (Å²) in [5, 5.41) is 13.6. The number of Topliss-reactive ketones (excluding diaryl/α,β-unsaturated/α-hetero) is 1. The molecule has 0 aliphatic heterocycles. The van der Waals surface area contributed by atoms with Crippen LogP contribution in [0.2, 0.25) is 0 Å². The highest BCUT2D eigenvalue weighted by Crippen LogP contribution is 2.15. The van der Waals surface area contributed by atoms with Crippen LogP contribution >= 0.6 is 0 Å². The second kappa shape index (κ2) is 8.71. The summed E-state index contributed by atoms with van der Waals surface area (Å²) in [6.07, 6.45) is 0.195. The van der Waals surface area contributed by atoms with Crippen LogP contribution in [0.3, 0.4) is 0 Å². The largest absolute Gasteiger partial charge is 0.395 e. The van der Waals surface area contributed by atoms with Crippen molar-refractivity contribution in [3.63, 3.8) is 0 Å². The smallest absolute Gasteiger partial charge is 0.224 e. The van der Waals surface area contributed by atoms with Gasteiger partial charge in [-0.3, -0.25) is 14.3 Å². The summed E-state index contributed by atoms with van der Waals surface area (Å²) in [4.78, 5) is 25.8. The highest BCUT2D eigenvalue weighted by Gasteiger charge is 2.18. The number of aliphatic hydroxyl groups excluding tert-OH is 1. The Kier molecular flexibility index (Phi) is 6.63. The Morgan fingerprint density at radius 1 is 1.23 bits per heavy atom. The topological polar surface area (TPSA) is 75.4 Å². The summed E-state index contributed by atoms with van der Waals surface area (Å²) < 4.78 is 14.7. The third-order valence-electron chi connectivity index (χ3n) is 4.28. The van der Waals surface area contributed by atoms with Crippen molar-refractivity contribution in [2.24, 2.45) is 0 Å². The second-order valence-electron chi connectivity index (χ2n) is 6.24. The summed E-state index contributed by atoms with van der Waals surface area (Å²) in [7, 11) is 0. The quantitative estimate of drug-likeness (QED) is 0.732. The number of carbonyl (C=O) groups excluding carboxylic acids is 2. The van der Waals surface area contributed by atoms with E-state index in [1.807, 2.05) is 6.92 Å². The maximum absolute atomic E-state index is 13.0. The molecule has 140 valence electrons. The average Bonchev–Trinajstić information content (AvgIpc) is 2.88. The number of nitrogens with zero attached hydrogens (tertiary/aromatic N) is 3. The minimum atomic E-state index is -0.334. The lowest BCUT2D eigenvalue weighted by Crippen LogP contribution is -2.33. The molecule has 2 aromatic rings. The minimum absolute atomic E-state index is 0.0456. The van der Waals surface area contributed by atoms with Gasteiger partial charge in [0.05, 0.1) is 17.9 Å². The molecular weight excluding hydrogens is 337 g/mol. The summed E-state index contributed by atoms with van der Waals surface area (Å²) in [6.45, 7) is 5.78. The van der Waals surface area contributed by atoms with Crippen molar-refractivity contribution in [3.05, 3.63) is 52.6 Å². The van der Waals surface area contributed by atoms with Gasteiger partial charge in [0, 0.05) is 31.7 Å². The molecule has 0 fully saturated rings. The number of amides is 1. The van der Waals surface area contributed by atoms with Gasteiger partial charge in [0.2, 0.25) is 5.91 Å². The fourth-order valence-corrected chi connectivity index (χ4v) is 3.01. The van der Waals surface area contributed by atoms with Crippen LogP contribution in [0.4, 0.5) is 4.39 Å². The van der Waals surface area contributed by atoms with Gasteiger partial charge in [-0.2, -0.15) is 5.10 Å². The van der Waals surface area contributed by atoms with E-state index in [2.05, 4.69) is 5.10 Å². The van der Waals surface area contributed by atoms with Crippen LogP contribution in [0.15, 0.2) is 24.3 Å². The van der Waals surface area contributed by atoms with Gasteiger partial charge in [0.25, 0.3) is 0 Å². The molecule has 0 spiro atoms. The third kappa shape index (κ3) is 4.76. The number of rotatable bonds is 8. The van der Waals surface area contributed by atoms with Gasteiger partial charge in [0.1, 0.15) is 5.82 Å². The van der Waals surface area contributed by atoms with Crippen molar-refractivity contribution in [1.82, 2.24) is 14.7 Å². The molecule has 1 amide bonds. The third-order valence-corrected chi connectivity index (χ3v) is 4.28. The van der Waals surface area contributed by atoms with Gasteiger partial charge < -0.3 is 10.0 Å². The van der Waals surface area contributed by atoms with Gasteiger partial charge in [-0.25, -0.2) is 4.39 Å². The Morgan fingerprint density at radius 3 is 2.42 bits per heavy atom. The Bertz CT molecular complexity index is 784. The number of hydrogen-bond donors (Lipinski definition) is 1. The maximum atomic E-state index is 13.0. The lowest BCUT2D eigenvalue weighted by atomic mass is 10.1. The number of ketones is 1. The first-order valence-corrected chi connectivity index (χ1v) is 8.51. The number of aliphatic hydroxyl groups is 1. The summed E-state index contributed by atoms with van der Waals surface area (Å²) in [5.74, 6) is -0.518. The predicted octanol–water partition coefficient (Wildman–Crippen LogP) is 2.25. The monoisotopic (exact) mass is 361 g/mol. The molecule has 1 heterocycles. The Balaban J connectivity index is 2.05. The summed E-state index contributed by atoms with van der Waals surface area (Å²) in [5.41, 5.74) is 2.78. The van der Waals surface area contributed by atoms with Gasteiger partial charge >= 0.3 is 0 Å². The molecule has 1 aromatic heterocycles. The van der Waals surface area contributed by atoms with Crippen molar-refractivity contribution in [1.29, 1.82) is 0 Å². The van der Waals surface area contributed by atoms with Crippen LogP contribution in [0, 0.1) is 19.7 Å². The van der Waals surface area contributed by atoms with E-state index < -0.39 is 0 Å². The highest BCUT2D eigenvalue weighted by molar-refractivity contribution is 5.96. The Hall–Kier alpha value is -2.54. The predicted molar refractivity (Wildman–Crippen MR) is 95.2 cm³/mol. The van der Waals surface area contributed by atoms with Crippen LogP contribution in [-0.2, 0) is 17.9 Å². The van der Waals surface area contributed by atoms with Gasteiger partial charge in [-0.1, -0.05) is 12.1 Å². The molecule has 1 aromatic carbocycles. The Morgan fingerprint density at radius 2 is 1.88 bits per heavy atom. The summed E-state index contributed by atoms with van der Waals surface area (Å²) >= 11 is 0. The number of hydrogen-bond acceptors (Lipinski definition) is 4. The molecule has 6 nitrogen and oxygen atoms in total. The van der Waals surface area contributed by atoms with E-state index in [-0.39, 0.29) is 37.1 Å². The zero-order valence-corrected chi connectivity index (χ0v) is 15.3. The fraction of sp³-hybridized carbons (Fsp3) is 0.421. The maximum Gasteiger partial charge on any atom is 0.224 e. The fourth-order valence-electron chi connectivity index (χ4n) is 3.01. The lowest BCUT2D eigenvalue weighted by molar-refractivity contribution is -0.132. The molecule has 0 atom stereocenters. The number of aryl methyl sites for hydroxylation is 2. The van der Waals surface area contributed by atoms with Crippen molar-refractivity contribution >= 4 is 11.7 Å². The number of halogens is 1. The lowest BCUT2D eigenvalue weighted by Gasteiger charge is -2.22. The molecule has 0 aliphatic rings. The van der Waals surface area contributed by atoms with E-state index in [0.29, 0.717) is 24.3 Å². The first-order valence-electron chi connectivity index (χ1n) is 8.51. The number of carbonyl (C=O) groups is 2. The number of aromatic nitrogens is 2. The van der Waals surface area contributed by atoms with E-state index in [9.17, 15) is 19.1 Å². The Labute approximate surface area is 152 Å². The average molecular weight is 361 g/mol. The number of benzene rings is 1. The van der Waals surface area contributed by atoms with E-state index in [4.69, 9.17) is 0 Å². The summed E-state index contributed by atoms with van der Waals surface area (Å²) in [6, 6.07) is 5.92. The molecule has 26 heavy (non-hydrogen) atoms. The SMILES string of the molecule is CC(=O)c1c(C)nn(CCC(=O)N(CCO)Cc2ccc(F)cc2)c1C. The van der Waals surface area contributed by atoms with Crippen LogP contribution in [-0.4, -0.2) is 44.6 Å². The molecule has 0 aliphatic carbocycles. The van der Waals surface area contributed by atoms with Gasteiger partial charge in [-0.05, 0) is 38.5 Å². The van der Waals surface area contributed by atoms with E-state index in [1.54, 1.807) is 23.7 Å². The van der Waals surface area contributed by atoms with E-state index >= 15 is 0 Å². The zero-order valence-electron chi connectivity index (χ0n) is 15.3. The normalized spacial score (nSPS) is 10.8. The standard InChI is InChI=1S/C19H24FN3O3/c1-13-19(15(3)25)14(2)23(21-13)9-8-18(26)22(10-11-24)12-16-4-6-17(20)7-5-16/h4-7,24H,8-12H2,1-3H3. The molecule has 0 saturated carbocycles.